The molecular formula is C26H37N3O6S. The van der Waals surface area contributed by atoms with Crippen LogP contribution in [0.4, 0.5) is 5.69 Å². The summed E-state index contributed by atoms with van der Waals surface area (Å²) in [6.07, 6.45) is 2.80. The Hall–Kier alpha value is -2.82. The fourth-order valence-electron chi connectivity index (χ4n) is 4.08. The van der Waals surface area contributed by atoms with Crippen molar-refractivity contribution in [3.05, 3.63) is 48.0 Å². The molecule has 0 bridgehead atoms. The van der Waals surface area contributed by atoms with E-state index in [1.54, 1.807) is 12.1 Å². The molecule has 0 saturated heterocycles. The van der Waals surface area contributed by atoms with Gasteiger partial charge in [0.2, 0.25) is 22.7 Å². The van der Waals surface area contributed by atoms with Crippen molar-refractivity contribution in [2.75, 3.05) is 32.2 Å². The van der Waals surface area contributed by atoms with Gasteiger partial charge in [-0.05, 0) is 67.1 Å². The van der Waals surface area contributed by atoms with Crippen molar-refractivity contribution < 1.29 is 27.8 Å². The maximum atomic E-state index is 13.3. The van der Waals surface area contributed by atoms with Gasteiger partial charge in [0.25, 0.3) is 0 Å². The number of unbranched alkanes of at least 4 members (excludes halogenated alkanes) is 1. The minimum atomic E-state index is -3.79. The van der Waals surface area contributed by atoms with Gasteiger partial charge in [0.15, 0.2) is 11.5 Å². The molecular weight excluding hydrogens is 482 g/mol. The quantitative estimate of drug-likeness (QED) is 0.258. The number of anilines is 1. The maximum Gasteiger partial charge on any atom is 0.243 e. The van der Waals surface area contributed by atoms with Gasteiger partial charge in [-0.1, -0.05) is 26.3 Å². The summed E-state index contributed by atoms with van der Waals surface area (Å²) in [6.45, 7) is 4.63. The number of benzene rings is 2. The lowest BCUT2D eigenvalue weighted by Crippen LogP contribution is -2.44. The van der Waals surface area contributed by atoms with Gasteiger partial charge in [0, 0.05) is 31.2 Å². The van der Waals surface area contributed by atoms with Crippen LogP contribution in [0.2, 0.25) is 0 Å². The van der Waals surface area contributed by atoms with Crippen molar-refractivity contribution in [1.29, 1.82) is 0 Å². The van der Waals surface area contributed by atoms with E-state index < -0.39 is 16.1 Å². The molecule has 2 aromatic carbocycles. The average molecular weight is 520 g/mol. The van der Waals surface area contributed by atoms with E-state index in [9.17, 15) is 18.3 Å². The Labute approximate surface area is 213 Å². The largest absolute Gasteiger partial charge is 0.454 e. The van der Waals surface area contributed by atoms with Gasteiger partial charge in [-0.25, -0.2) is 8.42 Å². The average Bonchev–Trinajstić information content (AvgIpc) is 3.32. The van der Waals surface area contributed by atoms with E-state index in [0.717, 1.165) is 11.3 Å². The number of aryl methyl sites for hydroxylation is 1. The standard InChI is InChI=1S/C26H37N3O6S/c1-19(2)16-29(36(32,33)23-10-8-21(27)9-11-23)22(17-30)5-3-4-14-28-26(31)13-7-20-6-12-24-25(15-20)35-18-34-24/h6,8-12,15,19,22,30H,3-5,7,13-14,16-18,27H2,1-2H3,(H,28,31)/t22-/m0/s1. The van der Waals surface area contributed by atoms with Crippen LogP contribution >= 0.6 is 0 Å². The number of hydrogen-bond donors (Lipinski definition) is 3. The number of carbonyl (C=O) groups is 1. The smallest absolute Gasteiger partial charge is 0.243 e. The van der Waals surface area contributed by atoms with Gasteiger partial charge in [-0.15, -0.1) is 0 Å². The summed E-state index contributed by atoms with van der Waals surface area (Å²) in [5, 5.41) is 13.0. The lowest BCUT2D eigenvalue weighted by atomic mass is 10.1. The van der Waals surface area contributed by atoms with E-state index in [4.69, 9.17) is 15.2 Å². The summed E-state index contributed by atoms with van der Waals surface area (Å²) in [7, 11) is -3.79. The number of nitrogens with zero attached hydrogens (tertiary/aromatic N) is 1. The number of rotatable bonds is 14. The van der Waals surface area contributed by atoms with Crippen LogP contribution < -0.4 is 20.5 Å². The number of fused-ring (bicyclic) bond motifs is 1. The van der Waals surface area contributed by atoms with Crippen molar-refractivity contribution in [3.63, 3.8) is 0 Å². The van der Waals surface area contributed by atoms with Crippen LogP contribution in [0.5, 0.6) is 11.5 Å². The van der Waals surface area contributed by atoms with Crippen LogP contribution in [-0.4, -0.2) is 56.3 Å². The highest BCUT2D eigenvalue weighted by atomic mass is 32.2. The summed E-state index contributed by atoms with van der Waals surface area (Å²) in [5.74, 6) is 1.47. The van der Waals surface area contributed by atoms with Gasteiger partial charge < -0.3 is 25.6 Å². The zero-order valence-electron chi connectivity index (χ0n) is 21.0. The van der Waals surface area contributed by atoms with Crippen LogP contribution in [0, 0.1) is 5.92 Å². The number of aliphatic hydroxyl groups is 1. The van der Waals surface area contributed by atoms with Gasteiger partial charge in [-0.2, -0.15) is 4.31 Å². The van der Waals surface area contributed by atoms with E-state index in [1.807, 2.05) is 32.0 Å². The first-order valence-electron chi connectivity index (χ1n) is 12.3. The van der Waals surface area contributed by atoms with Gasteiger partial charge >= 0.3 is 0 Å². The van der Waals surface area contributed by atoms with Gasteiger partial charge in [-0.3, -0.25) is 4.79 Å². The number of amides is 1. The molecule has 0 fully saturated rings. The Balaban J connectivity index is 1.46. The predicted octanol–water partition coefficient (Wildman–Crippen LogP) is 2.92. The normalized spacial score (nSPS) is 13.8. The van der Waals surface area contributed by atoms with Crippen LogP contribution in [0.1, 0.15) is 45.1 Å². The van der Waals surface area contributed by atoms with E-state index in [-0.39, 0.29) is 30.1 Å². The van der Waals surface area contributed by atoms with E-state index in [1.165, 1.54) is 16.4 Å². The number of aliphatic hydroxyl groups excluding tert-OH is 1. The highest BCUT2D eigenvalue weighted by Crippen LogP contribution is 2.32. The zero-order chi connectivity index (χ0) is 26.1. The molecule has 0 aromatic heterocycles. The molecule has 1 heterocycles. The number of nitrogens with two attached hydrogens (primary N) is 1. The second-order valence-electron chi connectivity index (χ2n) is 9.41. The fraction of sp³-hybridized carbons (Fsp3) is 0.500. The molecule has 1 amide bonds. The SMILES string of the molecule is CC(C)CN([C@H](CO)CCCCNC(=O)CCc1ccc2c(c1)OCO2)S(=O)(=O)c1ccc(N)cc1. The first-order valence-corrected chi connectivity index (χ1v) is 13.8. The molecule has 0 unspecified atom stereocenters. The summed E-state index contributed by atoms with van der Waals surface area (Å²) in [5.41, 5.74) is 7.20. The van der Waals surface area contributed by atoms with Crippen molar-refractivity contribution in [3.8, 4) is 11.5 Å². The topological polar surface area (TPSA) is 131 Å². The second-order valence-corrected chi connectivity index (χ2v) is 11.3. The third kappa shape index (κ3) is 7.59. The number of sulfonamides is 1. The molecule has 1 aliphatic rings. The number of nitrogen functional groups attached to an aromatic ring is 1. The summed E-state index contributed by atoms with van der Waals surface area (Å²) < 4.78 is 38.7. The van der Waals surface area contributed by atoms with Crippen LogP contribution in [0.3, 0.4) is 0 Å². The molecule has 9 nitrogen and oxygen atoms in total. The molecule has 0 radical (unpaired) electrons. The molecule has 2 aromatic rings. The Kier molecular flexibility index (Phi) is 9.98. The number of ether oxygens (including phenoxy) is 2. The van der Waals surface area contributed by atoms with Gasteiger partial charge in [0.05, 0.1) is 11.5 Å². The summed E-state index contributed by atoms with van der Waals surface area (Å²) in [4.78, 5) is 12.4. The second kappa shape index (κ2) is 12.9. The Morgan fingerprint density at radius 3 is 2.53 bits per heavy atom. The highest BCUT2D eigenvalue weighted by Gasteiger charge is 2.31. The van der Waals surface area contributed by atoms with Crippen LogP contribution in [0.25, 0.3) is 0 Å². The van der Waals surface area contributed by atoms with Crippen molar-refractivity contribution >= 4 is 21.6 Å². The molecule has 0 saturated carbocycles. The van der Waals surface area contributed by atoms with E-state index >= 15 is 0 Å². The van der Waals surface area contributed by atoms with Crippen LogP contribution in [0.15, 0.2) is 47.4 Å². The van der Waals surface area contributed by atoms with Gasteiger partial charge in [0.1, 0.15) is 0 Å². The highest BCUT2D eigenvalue weighted by molar-refractivity contribution is 7.89. The zero-order valence-corrected chi connectivity index (χ0v) is 21.8. The lowest BCUT2D eigenvalue weighted by molar-refractivity contribution is -0.121. The fourth-order valence-corrected chi connectivity index (χ4v) is 5.89. The third-order valence-corrected chi connectivity index (χ3v) is 7.95. The Morgan fingerprint density at radius 2 is 1.83 bits per heavy atom. The first kappa shape index (κ1) is 27.8. The first-order chi connectivity index (χ1) is 17.2. The molecule has 10 heteroatoms. The van der Waals surface area contributed by atoms with Crippen LogP contribution in [-0.2, 0) is 21.2 Å². The summed E-state index contributed by atoms with van der Waals surface area (Å²) in [6, 6.07) is 11.2. The predicted molar refractivity (Wildman–Crippen MR) is 138 cm³/mol. The molecule has 4 N–H and O–H groups in total. The maximum absolute atomic E-state index is 13.3. The molecule has 36 heavy (non-hydrogen) atoms. The molecule has 0 spiro atoms. The molecule has 1 aliphatic heterocycles. The lowest BCUT2D eigenvalue weighted by Gasteiger charge is -2.31. The van der Waals surface area contributed by atoms with Crippen molar-refractivity contribution in [2.45, 2.75) is 56.9 Å². The van der Waals surface area contributed by atoms with E-state index in [2.05, 4.69) is 5.32 Å². The van der Waals surface area contributed by atoms with Crippen molar-refractivity contribution in [2.24, 2.45) is 5.92 Å². The van der Waals surface area contributed by atoms with Crippen molar-refractivity contribution in [1.82, 2.24) is 9.62 Å². The monoisotopic (exact) mass is 519 g/mol. The molecule has 1 atom stereocenters. The number of carbonyl (C=O) groups excluding carboxylic acids is 1. The Morgan fingerprint density at radius 1 is 1.11 bits per heavy atom. The Bertz CT molecular complexity index is 1110. The summed E-state index contributed by atoms with van der Waals surface area (Å²) >= 11 is 0. The molecule has 3 rings (SSSR count). The minimum Gasteiger partial charge on any atom is -0.454 e. The minimum absolute atomic E-state index is 0.0428. The van der Waals surface area contributed by atoms with E-state index in [0.29, 0.717) is 56.6 Å². The number of nitrogens with one attached hydrogen (secondary N) is 1. The number of hydrogen-bond acceptors (Lipinski definition) is 7. The molecule has 0 aliphatic carbocycles. The third-order valence-electron chi connectivity index (χ3n) is 6.01. The molecule has 198 valence electrons.